The van der Waals surface area contributed by atoms with E-state index in [0.29, 0.717) is 0 Å². The molecule has 0 amide bonds. The number of rotatable bonds is 3. The van der Waals surface area contributed by atoms with Gasteiger partial charge in [-0.1, -0.05) is 30.3 Å². The van der Waals surface area contributed by atoms with E-state index < -0.39 is 0 Å². The van der Waals surface area contributed by atoms with Gasteiger partial charge in [0.15, 0.2) is 0 Å². The lowest BCUT2D eigenvalue weighted by molar-refractivity contribution is 0.175. The van der Waals surface area contributed by atoms with E-state index in [9.17, 15) is 5.11 Å². The van der Waals surface area contributed by atoms with E-state index >= 15 is 0 Å². The van der Waals surface area contributed by atoms with Crippen LogP contribution in [0.25, 0.3) is 10.4 Å². The van der Waals surface area contributed by atoms with Crippen LogP contribution in [0.5, 0.6) is 0 Å². The maximum Gasteiger partial charge on any atom is 0.0679 e. The third-order valence-electron chi connectivity index (χ3n) is 3.35. The molecule has 1 saturated heterocycles. The number of β-amino-alcohol motifs (C(OH)–C–C–N with tert-alkyl or cyclic N) is 1. The third-order valence-corrected chi connectivity index (χ3v) is 4.47. The summed E-state index contributed by atoms with van der Waals surface area (Å²) in [5, 5.41) is 9.52. The Bertz CT molecular complexity index is 508. The van der Waals surface area contributed by atoms with Crippen molar-refractivity contribution < 1.29 is 5.11 Å². The number of likely N-dealkylation sites (tertiary alicyclic amines) is 1. The zero-order valence-corrected chi connectivity index (χ0v) is 11.1. The average Bonchev–Trinajstić information content (AvgIpc) is 3.01. The Morgan fingerprint density at radius 2 is 2.00 bits per heavy atom. The largest absolute Gasteiger partial charge is 0.392 e. The van der Waals surface area contributed by atoms with Gasteiger partial charge in [-0.15, -0.1) is 11.3 Å². The van der Waals surface area contributed by atoms with Crippen LogP contribution in [0.1, 0.15) is 11.3 Å². The van der Waals surface area contributed by atoms with Gasteiger partial charge in [-0.2, -0.15) is 0 Å². The number of hydrogen-bond donors (Lipinski definition) is 1. The van der Waals surface area contributed by atoms with E-state index in [1.54, 1.807) is 0 Å². The first-order valence-electron chi connectivity index (χ1n) is 6.36. The topological polar surface area (TPSA) is 23.5 Å². The number of aliphatic hydroxyl groups is 1. The molecule has 3 rings (SSSR count). The molecule has 1 aliphatic rings. The fourth-order valence-corrected chi connectivity index (χ4v) is 3.45. The zero-order chi connectivity index (χ0) is 12.4. The Kier molecular flexibility index (Phi) is 3.46. The Balaban J connectivity index is 1.70. The molecule has 1 aromatic heterocycles. The Morgan fingerprint density at radius 1 is 1.17 bits per heavy atom. The average molecular weight is 259 g/mol. The van der Waals surface area contributed by atoms with Crippen LogP contribution in [-0.4, -0.2) is 29.2 Å². The number of benzene rings is 1. The highest BCUT2D eigenvalue weighted by atomic mass is 32.1. The van der Waals surface area contributed by atoms with E-state index in [1.807, 2.05) is 17.4 Å². The Hall–Kier alpha value is -1.16. The lowest BCUT2D eigenvalue weighted by Gasteiger charge is -2.12. The van der Waals surface area contributed by atoms with Crippen LogP contribution in [0.2, 0.25) is 0 Å². The van der Waals surface area contributed by atoms with Gasteiger partial charge >= 0.3 is 0 Å². The first kappa shape index (κ1) is 11.9. The van der Waals surface area contributed by atoms with Gasteiger partial charge in [0.05, 0.1) is 6.10 Å². The number of nitrogens with zero attached hydrogens (tertiary/aromatic N) is 1. The van der Waals surface area contributed by atoms with Crippen molar-refractivity contribution in [1.82, 2.24) is 4.90 Å². The minimum Gasteiger partial charge on any atom is -0.392 e. The highest BCUT2D eigenvalue weighted by Gasteiger charge is 2.20. The van der Waals surface area contributed by atoms with Crippen molar-refractivity contribution in [2.45, 2.75) is 19.1 Å². The summed E-state index contributed by atoms with van der Waals surface area (Å²) in [6.45, 7) is 2.80. The maximum atomic E-state index is 9.52. The van der Waals surface area contributed by atoms with Gasteiger partial charge < -0.3 is 5.11 Å². The second-order valence-corrected chi connectivity index (χ2v) is 5.98. The Labute approximate surface area is 112 Å². The first-order valence-corrected chi connectivity index (χ1v) is 7.17. The van der Waals surface area contributed by atoms with Gasteiger partial charge in [-0.25, -0.2) is 0 Å². The van der Waals surface area contributed by atoms with Gasteiger partial charge in [0, 0.05) is 29.4 Å². The lowest BCUT2D eigenvalue weighted by atomic mass is 10.2. The predicted octanol–water partition coefficient (Wildman–Crippen LogP) is 2.98. The van der Waals surface area contributed by atoms with Crippen molar-refractivity contribution in [1.29, 1.82) is 0 Å². The molecule has 0 bridgehead atoms. The van der Waals surface area contributed by atoms with Crippen molar-refractivity contribution in [3.8, 4) is 10.4 Å². The second kappa shape index (κ2) is 5.22. The molecule has 0 radical (unpaired) electrons. The molecular weight excluding hydrogens is 242 g/mol. The van der Waals surface area contributed by atoms with E-state index in [-0.39, 0.29) is 6.10 Å². The van der Waals surface area contributed by atoms with Crippen molar-refractivity contribution in [2.24, 2.45) is 0 Å². The molecule has 0 unspecified atom stereocenters. The summed E-state index contributed by atoms with van der Waals surface area (Å²) in [4.78, 5) is 5.03. The molecule has 1 aliphatic heterocycles. The smallest absolute Gasteiger partial charge is 0.0679 e. The minimum absolute atomic E-state index is 0.126. The normalized spacial score (nSPS) is 20.4. The maximum absolute atomic E-state index is 9.52. The van der Waals surface area contributed by atoms with Crippen LogP contribution in [0, 0.1) is 0 Å². The molecule has 1 fully saturated rings. The zero-order valence-electron chi connectivity index (χ0n) is 10.2. The van der Waals surface area contributed by atoms with E-state index in [4.69, 9.17) is 0 Å². The molecule has 1 atom stereocenters. The van der Waals surface area contributed by atoms with Gasteiger partial charge in [-0.3, -0.25) is 4.90 Å². The molecule has 3 heteroatoms. The van der Waals surface area contributed by atoms with Crippen LogP contribution in [-0.2, 0) is 6.54 Å². The van der Waals surface area contributed by atoms with Crippen LogP contribution in [0.4, 0.5) is 0 Å². The monoisotopic (exact) mass is 259 g/mol. The molecule has 18 heavy (non-hydrogen) atoms. The molecule has 1 N–H and O–H groups in total. The first-order chi connectivity index (χ1) is 8.81. The van der Waals surface area contributed by atoms with Crippen molar-refractivity contribution >= 4 is 11.3 Å². The Morgan fingerprint density at radius 3 is 2.72 bits per heavy atom. The lowest BCUT2D eigenvalue weighted by Crippen LogP contribution is -2.20. The third kappa shape index (κ3) is 2.64. The van der Waals surface area contributed by atoms with Crippen LogP contribution < -0.4 is 0 Å². The molecule has 2 aromatic rings. The summed E-state index contributed by atoms with van der Waals surface area (Å²) in [5.74, 6) is 0. The number of aliphatic hydroxyl groups excluding tert-OH is 1. The summed E-state index contributed by atoms with van der Waals surface area (Å²) in [6.07, 6.45) is 0.787. The van der Waals surface area contributed by atoms with Crippen LogP contribution in [0.3, 0.4) is 0 Å². The summed E-state index contributed by atoms with van der Waals surface area (Å²) < 4.78 is 0. The quantitative estimate of drug-likeness (QED) is 0.916. The van der Waals surface area contributed by atoms with E-state index in [2.05, 4.69) is 41.3 Å². The fraction of sp³-hybridized carbons (Fsp3) is 0.333. The van der Waals surface area contributed by atoms with Crippen LogP contribution >= 0.6 is 11.3 Å². The molecular formula is C15H17NOS. The summed E-state index contributed by atoms with van der Waals surface area (Å²) in [6, 6.07) is 14.9. The van der Waals surface area contributed by atoms with Gasteiger partial charge in [-0.05, 0) is 24.1 Å². The summed E-state index contributed by atoms with van der Waals surface area (Å²) in [5.41, 5.74) is 1.29. The van der Waals surface area contributed by atoms with Gasteiger partial charge in [0.1, 0.15) is 0 Å². The number of thiophene rings is 1. The minimum atomic E-state index is -0.126. The summed E-state index contributed by atoms with van der Waals surface area (Å²) in [7, 11) is 0. The van der Waals surface area contributed by atoms with Gasteiger partial charge in [0.2, 0.25) is 0 Å². The highest BCUT2D eigenvalue weighted by Crippen LogP contribution is 2.29. The molecule has 0 aliphatic carbocycles. The molecule has 1 aromatic carbocycles. The van der Waals surface area contributed by atoms with E-state index in [0.717, 1.165) is 26.1 Å². The molecule has 94 valence electrons. The second-order valence-electron chi connectivity index (χ2n) is 4.81. The molecule has 2 nitrogen and oxygen atoms in total. The fourth-order valence-electron chi connectivity index (χ4n) is 2.40. The van der Waals surface area contributed by atoms with Crippen LogP contribution in [0.15, 0.2) is 42.5 Å². The summed E-state index contributed by atoms with van der Waals surface area (Å²) >= 11 is 1.85. The molecule has 0 spiro atoms. The molecule has 0 saturated carbocycles. The van der Waals surface area contributed by atoms with E-state index in [1.165, 1.54) is 15.3 Å². The molecule has 2 heterocycles. The van der Waals surface area contributed by atoms with Crippen molar-refractivity contribution in [3.63, 3.8) is 0 Å². The van der Waals surface area contributed by atoms with Crippen molar-refractivity contribution in [3.05, 3.63) is 47.3 Å². The SMILES string of the molecule is O[C@H]1CCN(Cc2ccc(-c3ccccc3)s2)C1. The van der Waals surface area contributed by atoms with Gasteiger partial charge in [0.25, 0.3) is 0 Å². The number of hydrogen-bond acceptors (Lipinski definition) is 3. The predicted molar refractivity (Wildman–Crippen MR) is 75.7 cm³/mol. The standard InChI is InChI=1S/C15H17NOS/c17-13-8-9-16(10-13)11-14-6-7-15(18-14)12-4-2-1-3-5-12/h1-7,13,17H,8-11H2/t13-/m0/s1. The van der Waals surface area contributed by atoms with Crippen molar-refractivity contribution in [2.75, 3.05) is 13.1 Å². The highest BCUT2D eigenvalue weighted by molar-refractivity contribution is 7.15.